The van der Waals surface area contributed by atoms with Crippen LogP contribution in [0, 0.1) is 13.7 Å². The predicted octanol–water partition coefficient (Wildman–Crippen LogP) is 3.09. The van der Waals surface area contributed by atoms with Crippen LogP contribution >= 0.6 is 34.2 Å². The third kappa shape index (κ3) is 5.57. The maximum absolute atomic E-state index is 11.7. The van der Waals surface area contributed by atoms with Crippen LogP contribution in [-0.2, 0) is 4.79 Å². The molecule has 0 spiro atoms. The van der Waals surface area contributed by atoms with Crippen LogP contribution in [0.5, 0.6) is 11.5 Å². The zero-order chi connectivity index (χ0) is 18.4. The Hall–Kier alpha value is -2.40. The number of halogens is 2. The van der Waals surface area contributed by atoms with E-state index >= 15 is 0 Å². The number of hydrogen-bond acceptors (Lipinski definition) is 6. The van der Waals surface area contributed by atoms with Crippen LogP contribution in [0.15, 0.2) is 41.5 Å². The summed E-state index contributed by atoms with van der Waals surface area (Å²) >= 11 is 7.66. The summed E-state index contributed by atoms with van der Waals surface area (Å²) in [5.41, 5.74) is 2.59. The maximum atomic E-state index is 11.7. The Morgan fingerprint density at radius 1 is 1.40 bits per heavy atom. The van der Waals surface area contributed by atoms with Gasteiger partial charge in [0.05, 0.1) is 14.7 Å². The summed E-state index contributed by atoms with van der Waals surface area (Å²) in [6, 6.07) is 8.69. The lowest BCUT2D eigenvalue weighted by Gasteiger charge is -2.06. The zero-order valence-electron chi connectivity index (χ0n) is 12.5. The van der Waals surface area contributed by atoms with Gasteiger partial charge in [0.1, 0.15) is 5.75 Å². The van der Waals surface area contributed by atoms with Gasteiger partial charge < -0.3 is 9.84 Å². The molecule has 2 aromatic rings. The molecule has 0 saturated carbocycles. The summed E-state index contributed by atoms with van der Waals surface area (Å²) in [6.07, 6.45) is 1.39. The van der Waals surface area contributed by atoms with E-state index in [-0.39, 0.29) is 22.2 Å². The Labute approximate surface area is 160 Å². The highest BCUT2D eigenvalue weighted by Gasteiger charge is 2.16. The lowest BCUT2D eigenvalue weighted by Crippen LogP contribution is -2.24. The van der Waals surface area contributed by atoms with E-state index in [0.717, 1.165) is 6.07 Å². The van der Waals surface area contributed by atoms with Crippen LogP contribution < -0.4 is 10.2 Å². The van der Waals surface area contributed by atoms with Crippen molar-refractivity contribution in [1.29, 1.82) is 0 Å². The van der Waals surface area contributed by atoms with E-state index in [0.29, 0.717) is 9.13 Å². The van der Waals surface area contributed by atoms with Gasteiger partial charge in [-0.05, 0) is 58.5 Å². The van der Waals surface area contributed by atoms with Crippen LogP contribution in [0.2, 0.25) is 5.02 Å². The number of phenols is 1. The predicted molar refractivity (Wildman–Crippen MR) is 100 cm³/mol. The van der Waals surface area contributed by atoms with Crippen molar-refractivity contribution in [3.63, 3.8) is 0 Å². The molecule has 0 fully saturated rings. The monoisotopic (exact) mass is 475 g/mol. The lowest BCUT2D eigenvalue weighted by atomic mass is 10.2. The number of phenolic OH excluding ortho intramolecular Hbond substituents is 1. The van der Waals surface area contributed by atoms with E-state index < -0.39 is 17.4 Å². The first-order chi connectivity index (χ1) is 11.9. The third-order valence-electron chi connectivity index (χ3n) is 2.85. The maximum Gasteiger partial charge on any atom is 0.312 e. The number of nitro groups is 1. The van der Waals surface area contributed by atoms with E-state index in [9.17, 15) is 20.0 Å². The van der Waals surface area contributed by atoms with Gasteiger partial charge in [0, 0.05) is 11.1 Å². The molecule has 0 atom stereocenters. The standard InChI is InChI=1S/C15H11ClIN3O5/c16-10-2-4-14(12(6-10)20(23)24)25-8-15(22)19-18-7-9-1-3-13(21)11(17)5-9/h1-7,21H,8H2,(H,19,22). The summed E-state index contributed by atoms with van der Waals surface area (Å²) in [4.78, 5) is 22.0. The Bertz CT molecular complexity index is 844. The number of hydrazone groups is 1. The molecular weight excluding hydrogens is 465 g/mol. The van der Waals surface area contributed by atoms with Gasteiger partial charge in [-0.2, -0.15) is 5.10 Å². The Balaban J connectivity index is 1.92. The highest BCUT2D eigenvalue weighted by Crippen LogP contribution is 2.29. The van der Waals surface area contributed by atoms with Crippen LogP contribution in [0.4, 0.5) is 5.69 Å². The topological polar surface area (TPSA) is 114 Å². The summed E-state index contributed by atoms with van der Waals surface area (Å²) < 4.78 is 5.78. The van der Waals surface area contributed by atoms with Crippen LogP contribution in [-0.4, -0.2) is 28.8 Å². The second-order valence-electron chi connectivity index (χ2n) is 4.66. The molecule has 25 heavy (non-hydrogen) atoms. The largest absolute Gasteiger partial charge is 0.507 e. The molecule has 0 aromatic heterocycles. The quantitative estimate of drug-likeness (QED) is 0.288. The second-order valence-corrected chi connectivity index (χ2v) is 6.26. The van der Waals surface area contributed by atoms with E-state index in [2.05, 4.69) is 10.5 Å². The summed E-state index contributed by atoms with van der Waals surface area (Å²) in [5.74, 6) is -0.504. The van der Waals surface area contributed by atoms with Crippen molar-refractivity contribution in [2.24, 2.45) is 5.10 Å². The van der Waals surface area contributed by atoms with Gasteiger partial charge in [-0.1, -0.05) is 11.6 Å². The van der Waals surface area contributed by atoms with E-state index in [1.165, 1.54) is 24.4 Å². The highest BCUT2D eigenvalue weighted by atomic mass is 127. The first-order valence-corrected chi connectivity index (χ1v) is 8.19. The average Bonchev–Trinajstić information content (AvgIpc) is 2.56. The van der Waals surface area contributed by atoms with Gasteiger partial charge >= 0.3 is 5.69 Å². The fourth-order valence-corrected chi connectivity index (χ4v) is 2.42. The number of nitro benzene ring substituents is 1. The number of amides is 1. The molecule has 1 amide bonds. The second kappa shape index (κ2) is 8.62. The number of rotatable bonds is 6. The van der Waals surface area contributed by atoms with Gasteiger partial charge in [-0.25, -0.2) is 5.43 Å². The van der Waals surface area contributed by atoms with E-state index in [4.69, 9.17) is 16.3 Å². The molecule has 0 saturated heterocycles. The number of aromatic hydroxyl groups is 1. The first-order valence-electron chi connectivity index (χ1n) is 6.74. The van der Waals surface area contributed by atoms with Crippen LogP contribution in [0.3, 0.4) is 0 Å². The zero-order valence-corrected chi connectivity index (χ0v) is 15.4. The fourth-order valence-electron chi connectivity index (χ4n) is 1.71. The smallest absolute Gasteiger partial charge is 0.312 e. The first kappa shape index (κ1) is 18.9. The van der Waals surface area contributed by atoms with Crippen LogP contribution in [0.25, 0.3) is 0 Å². The third-order valence-corrected chi connectivity index (χ3v) is 3.95. The summed E-state index contributed by atoms with van der Waals surface area (Å²) in [6.45, 7) is -0.451. The molecule has 2 rings (SSSR count). The molecule has 2 aromatic carbocycles. The Morgan fingerprint density at radius 3 is 2.84 bits per heavy atom. The number of nitrogens with zero attached hydrogens (tertiary/aromatic N) is 2. The molecule has 0 aliphatic rings. The fraction of sp³-hybridized carbons (Fsp3) is 0.0667. The minimum atomic E-state index is -0.649. The Morgan fingerprint density at radius 2 is 2.16 bits per heavy atom. The molecule has 0 heterocycles. The summed E-state index contributed by atoms with van der Waals surface area (Å²) in [7, 11) is 0. The number of benzene rings is 2. The van der Waals surface area contributed by atoms with Crippen LogP contribution in [0.1, 0.15) is 5.56 Å². The van der Waals surface area contributed by atoms with Gasteiger partial charge in [-0.3, -0.25) is 14.9 Å². The summed E-state index contributed by atoms with van der Waals surface area (Å²) in [5, 5.41) is 24.3. The molecule has 10 heteroatoms. The number of carbonyl (C=O) groups is 1. The van der Waals surface area contributed by atoms with Crippen molar-refractivity contribution in [2.45, 2.75) is 0 Å². The van der Waals surface area contributed by atoms with Crippen molar-refractivity contribution in [2.75, 3.05) is 6.61 Å². The van der Waals surface area contributed by atoms with Crippen molar-refractivity contribution in [1.82, 2.24) is 5.43 Å². The molecule has 0 aliphatic carbocycles. The minimum Gasteiger partial charge on any atom is -0.507 e. The van der Waals surface area contributed by atoms with Crippen molar-refractivity contribution in [3.05, 3.63) is 60.7 Å². The minimum absolute atomic E-state index is 0.0679. The van der Waals surface area contributed by atoms with E-state index in [1.807, 2.05) is 22.6 Å². The van der Waals surface area contributed by atoms with Gasteiger partial charge in [0.25, 0.3) is 5.91 Å². The van der Waals surface area contributed by atoms with Crippen molar-refractivity contribution in [3.8, 4) is 11.5 Å². The average molecular weight is 476 g/mol. The molecule has 0 unspecified atom stereocenters. The molecular formula is C15H11ClIN3O5. The van der Waals surface area contributed by atoms with Crippen molar-refractivity contribution < 1.29 is 19.6 Å². The lowest BCUT2D eigenvalue weighted by molar-refractivity contribution is -0.385. The van der Waals surface area contributed by atoms with Gasteiger partial charge in [0.2, 0.25) is 0 Å². The van der Waals surface area contributed by atoms with Crippen molar-refractivity contribution >= 4 is 52.0 Å². The molecule has 8 nitrogen and oxygen atoms in total. The molecule has 0 radical (unpaired) electrons. The highest BCUT2D eigenvalue weighted by molar-refractivity contribution is 14.1. The number of hydrogen-bond donors (Lipinski definition) is 2. The number of carbonyl (C=O) groups excluding carboxylic acids is 1. The van der Waals surface area contributed by atoms with E-state index in [1.54, 1.807) is 12.1 Å². The molecule has 0 aliphatic heterocycles. The Kier molecular flexibility index (Phi) is 6.53. The molecule has 0 bridgehead atoms. The molecule has 130 valence electrons. The molecule has 2 N–H and O–H groups in total. The van der Waals surface area contributed by atoms with Gasteiger partial charge in [-0.15, -0.1) is 0 Å². The van der Waals surface area contributed by atoms with Gasteiger partial charge in [0.15, 0.2) is 12.4 Å². The normalized spacial score (nSPS) is 10.6. The SMILES string of the molecule is O=C(COc1ccc(Cl)cc1[N+](=O)[O-])NN=Cc1ccc(O)c(I)c1. The number of nitrogens with one attached hydrogen (secondary N) is 1. The number of ether oxygens (including phenoxy) is 1.